The molecule has 1 aliphatic rings. The van der Waals surface area contributed by atoms with Crippen molar-refractivity contribution in [2.75, 3.05) is 0 Å². The molecule has 2 rings (SSSR count). The summed E-state index contributed by atoms with van der Waals surface area (Å²) in [4.78, 5) is 0. The Balaban J connectivity index is 2.62. The van der Waals surface area contributed by atoms with Crippen molar-refractivity contribution in [2.24, 2.45) is 0 Å². The highest BCUT2D eigenvalue weighted by Crippen LogP contribution is 2.28. The van der Waals surface area contributed by atoms with Crippen LogP contribution < -0.4 is 0 Å². The van der Waals surface area contributed by atoms with Gasteiger partial charge in [0.1, 0.15) is 0 Å². The monoisotopic (exact) mass is 222 g/mol. The zero-order chi connectivity index (χ0) is 8.55. The van der Waals surface area contributed by atoms with Gasteiger partial charge in [-0.05, 0) is 42.5 Å². The molecular weight excluding hydrogens is 212 g/mol. The number of hydrogen-bond acceptors (Lipinski definition) is 0. The molecule has 12 heavy (non-hydrogen) atoms. The Morgan fingerprint density at radius 3 is 3.00 bits per heavy atom. The van der Waals surface area contributed by atoms with Gasteiger partial charge in [0.15, 0.2) is 0 Å². The van der Waals surface area contributed by atoms with Gasteiger partial charge >= 0.3 is 0 Å². The van der Waals surface area contributed by atoms with E-state index in [0.29, 0.717) is 0 Å². The molecule has 1 aromatic carbocycles. The van der Waals surface area contributed by atoms with Gasteiger partial charge < -0.3 is 0 Å². The first-order valence-electron chi connectivity index (χ1n) is 4.23. The molecule has 0 saturated carbocycles. The van der Waals surface area contributed by atoms with Crippen LogP contribution in [-0.2, 0) is 6.42 Å². The van der Waals surface area contributed by atoms with E-state index >= 15 is 0 Å². The van der Waals surface area contributed by atoms with Gasteiger partial charge in [-0.3, -0.25) is 0 Å². The zero-order valence-corrected chi connectivity index (χ0v) is 8.69. The number of allylic oxidation sites excluding steroid dienone is 1. The normalized spacial score (nSPS) is 14.5. The summed E-state index contributed by atoms with van der Waals surface area (Å²) in [5.41, 5.74) is 4.17. The number of hydrogen-bond donors (Lipinski definition) is 0. The topological polar surface area (TPSA) is 0 Å². The van der Waals surface area contributed by atoms with Crippen molar-refractivity contribution in [3.05, 3.63) is 39.4 Å². The van der Waals surface area contributed by atoms with Crippen LogP contribution in [0, 0.1) is 6.92 Å². The van der Waals surface area contributed by atoms with Crippen LogP contribution in [0.3, 0.4) is 0 Å². The van der Waals surface area contributed by atoms with E-state index in [1.165, 1.54) is 34.0 Å². The van der Waals surface area contributed by atoms with Crippen molar-refractivity contribution in [3.63, 3.8) is 0 Å². The Morgan fingerprint density at radius 2 is 2.17 bits per heavy atom. The summed E-state index contributed by atoms with van der Waals surface area (Å²) < 4.78 is 1.27. The second-order valence-electron chi connectivity index (χ2n) is 3.26. The van der Waals surface area contributed by atoms with E-state index in [1.54, 1.807) is 0 Å². The van der Waals surface area contributed by atoms with Gasteiger partial charge in [-0.1, -0.05) is 34.1 Å². The standard InChI is InChI=1S/C11H11Br/c1-8-6-9-4-2-3-5-10(9)11(12)7-8/h2,4,6-7H,3,5H2,1H3. The largest absolute Gasteiger partial charge is 0.0836 e. The Labute approximate surface area is 81.4 Å². The molecule has 0 bridgehead atoms. The van der Waals surface area contributed by atoms with E-state index in [4.69, 9.17) is 0 Å². The number of benzene rings is 1. The van der Waals surface area contributed by atoms with Crippen molar-refractivity contribution in [3.8, 4) is 0 Å². The molecule has 0 aliphatic heterocycles. The molecule has 1 aliphatic carbocycles. The van der Waals surface area contributed by atoms with E-state index < -0.39 is 0 Å². The Hall–Kier alpha value is -0.560. The molecule has 1 heteroatoms. The summed E-state index contributed by atoms with van der Waals surface area (Å²) in [6.07, 6.45) is 6.81. The molecule has 62 valence electrons. The Kier molecular flexibility index (Phi) is 2.05. The highest BCUT2D eigenvalue weighted by atomic mass is 79.9. The first-order valence-corrected chi connectivity index (χ1v) is 5.02. The number of rotatable bonds is 0. The summed E-state index contributed by atoms with van der Waals surface area (Å²) in [6, 6.07) is 4.44. The minimum absolute atomic E-state index is 1.17. The third-order valence-electron chi connectivity index (χ3n) is 2.23. The fourth-order valence-electron chi connectivity index (χ4n) is 1.65. The average molecular weight is 223 g/mol. The van der Waals surface area contributed by atoms with Crippen molar-refractivity contribution >= 4 is 22.0 Å². The maximum absolute atomic E-state index is 3.60. The lowest BCUT2D eigenvalue weighted by atomic mass is 9.96. The van der Waals surface area contributed by atoms with Crippen LogP contribution in [0.5, 0.6) is 0 Å². The van der Waals surface area contributed by atoms with Gasteiger partial charge in [-0.2, -0.15) is 0 Å². The van der Waals surface area contributed by atoms with Gasteiger partial charge in [0, 0.05) is 4.47 Å². The van der Waals surface area contributed by atoms with Gasteiger partial charge in [-0.25, -0.2) is 0 Å². The summed E-state index contributed by atoms with van der Waals surface area (Å²) in [7, 11) is 0. The molecule has 0 nitrogen and oxygen atoms in total. The summed E-state index contributed by atoms with van der Waals surface area (Å²) in [5, 5.41) is 0. The van der Waals surface area contributed by atoms with E-state index in [1.807, 2.05) is 0 Å². The molecule has 0 fully saturated rings. The second-order valence-corrected chi connectivity index (χ2v) is 4.11. The van der Waals surface area contributed by atoms with Crippen LogP contribution >= 0.6 is 15.9 Å². The molecule has 0 aromatic heterocycles. The highest BCUT2D eigenvalue weighted by Gasteiger charge is 2.07. The van der Waals surface area contributed by atoms with Gasteiger partial charge in [0.2, 0.25) is 0 Å². The van der Waals surface area contributed by atoms with Gasteiger partial charge in [-0.15, -0.1) is 0 Å². The summed E-state index contributed by atoms with van der Waals surface area (Å²) in [5.74, 6) is 0. The van der Waals surface area contributed by atoms with Crippen LogP contribution in [0.15, 0.2) is 22.7 Å². The van der Waals surface area contributed by atoms with Gasteiger partial charge in [0.05, 0.1) is 0 Å². The first kappa shape index (κ1) is 8.06. The van der Waals surface area contributed by atoms with Crippen LogP contribution in [0.25, 0.3) is 6.08 Å². The van der Waals surface area contributed by atoms with Crippen LogP contribution in [-0.4, -0.2) is 0 Å². The van der Waals surface area contributed by atoms with Gasteiger partial charge in [0.25, 0.3) is 0 Å². The molecule has 0 unspecified atom stereocenters. The lowest BCUT2D eigenvalue weighted by molar-refractivity contribution is 0.976. The molecule has 1 aromatic rings. The van der Waals surface area contributed by atoms with Crippen molar-refractivity contribution < 1.29 is 0 Å². The van der Waals surface area contributed by atoms with Crippen LogP contribution in [0.4, 0.5) is 0 Å². The highest BCUT2D eigenvalue weighted by molar-refractivity contribution is 9.10. The predicted molar refractivity (Wildman–Crippen MR) is 56.2 cm³/mol. The molecule has 0 atom stereocenters. The fraction of sp³-hybridized carbons (Fsp3) is 0.273. The molecule has 0 heterocycles. The Morgan fingerprint density at radius 1 is 1.33 bits per heavy atom. The lowest BCUT2D eigenvalue weighted by Crippen LogP contribution is -1.95. The number of fused-ring (bicyclic) bond motifs is 1. The lowest BCUT2D eigenvalue weighted by Gasteiger charge is -2.12. The molecule has 0 saturated heterocycles. The SMILES string of the molecule is Cc1cc(Br)c2c(c1)C=CCC2. The van der Waals surface area contributed by atoms with Crippen LogP contribution in [0.2, 0.25) is 0 Å². The maximum Gasteiger partial charge on any atom is 0.0216 e. The Bertz CT molecular complexity index is 337. The predicted octanol–water partition coefficient (Wildman–Crippen LogP) is 3.72. The quantitative estimate of drug-likeness (QED) is 0.628. The minimum atomic E-state index is 1.17. The summed E-state index contributed by atoms with van der Waals surface area (Å²) in [6.45, 7) is 2.13. The van der Waals surface area contributed by atoms with Crippen LogP contribution in [0.1, 0.15) is 23.1 Å². The van der Waals surface area contributed by atoms with E-state index in [9.17, 15) is 0 Å². The second kappa shape index (κ2) is 3.06. The molecule has 0 radical (unpaired) electrons. The molecule has 0 amide bonds. The molecule has 0 spiro atoms. The van der Waals surface area contributed by atoms with E-state index in [-0.39, 0.29) is 0 Å². The van der Waals surface area contributed by atoms with Crippen molar-refractivity contribution in [1.82, 2.24) is 0 Å². The minimum Gasteiger partial charge on any atom is -0.0836 e. The molecular formula is C11H11Br. The summed E-state index contributed by atoms with van der Waals surface area (Å²) >= 11 is 3.60. The van der Waals surface area contributed by atoms with E-state index in [2.05, 4.69) is 47.1 Å². The smallest absolute Gasteiger partial charge is 0.0216 e. The average Bonchev–Trinajstić information content (AvgIpc) is 2.04. The fourth-order valence-corrected chi connectivity index (χ4v) is 2.44. The van der Waals surface area contributed by atoms with Crippen molar-refractivity contribution in [1.29, 1.82) is 0 Å². The number of aryl methyl sites for hydroxylation is 1. The maximum atomic E-state index is 3.60. The van der Waals surface area contributed by atoms with Crippen molar-refractivity contribution in [2.45, 2.75) is 19.8 Å². The molecule has 0 N–H and O–H groups in total. The third kappa shape index (κ3) is 1.34. The number of halogens is 1. The first-order chi connectivity index (χ1) is 5.77. The third-order valence-corrected chi connectivity index (χ3v) is 2.94. The zero-order valence-electron chi connectivity index (χ0n) is 7.10. The van der Waals surface area contributed by atoms with E-state index in [0.717, 1.165) is 0 Å².